The Labute approximate surface area is 240 Å². The molecule has 0 bridgehead atoms. The highest BCUT2D eigenvalue weighted by atomic mass is 32.1. The molecule has 0 unspecified atom stereocenters. The number of amides is 2. The van der Waals surface area contributed by atoms with Gasteiger partial charge in [0.05, 0.1) is 6.54 Å². The summed E-state index contributed by atoms with van der Waals surface area (Å²) in [7, 11) is 0. The predicted molar refractivity (Wildman–Crippen MR) is 157 cm³/mol. The van der Waals surface area contributed by atoms with E-state index in [2.05, 4.69) is 25.8 Å². The number of anilines is 3. The van der Waals surface area contributed by atoms with Crippen molar-refractivity contribution in [3.05, 3.63) is 67.8 Å². The lowest BCUT2D eigenvalue weighted by atomic mass is 10.2. The Morgan fingerprint density at radius 1 is 1.10 bits per heavy atom. The molecular weight excluding hydrogens is 547 g/mol. The second-order valence-electron chi connectivity index (χ2n) is 9.15. The van der Waals surface area contributed by atoms with Crippen LogP contribution in [0.15, 0.2) is 47.3 Å². The zero-order chi connectivity index (χ0) is 29.4. The minimum absolute atomic E-state index is 0.116. The second-order valence-corrected chi connectivity index (χ2v) is 10.2. The maximum Gasteiger partial charge on any atom is 0.270 e. The normalized spacial score (nSPS) is 14.8. The van der Waals surface area contributed by atoms with Gasteiger partial charge in [0, 0.05) is 51.2 Å². The SMILES string of the molecule is CCNC(=O)C(C#N)=c1sc(=CNc2cccc(NC(=O)CN3CCN(c4ccc(F)cc4)CC3)n2)c(=O)n1CC. The Hall–Kier alpha value is -4.54. The number of thiazole rings is 1. The van der Waals surface area contributed by atoms with Crippen molar-refractivity contribution in [3.63, 3.8) is 0 Å². The molecule has 0 spiro atoms. The largest absolute Gasteiger partial charge is 0.369 e. The molecule has 2 aromatic heterocycles. The molecule has 41 heavy (non-hydrogen) atoms. The standard InChI is InChI=1S/C28H31FN8O3S/c1-3-31-26(39)21(16-30)28-37(4-2)27(40)22(41-28)17-32-23-6-5-7-24(33-23)34-25(38)18-35-12-14-36(15-13-35)20-10-8-19(29)9-11-20/h5-11,17H,3-4,12-15,18H2,1-2H3,(H,31,39)(H2,32,33,34,38). The molecule has 2 amide bonds. The topological polar surface area (TPSA) is 135 Å². The summed E-state index contributed by atoms with van der Waals surface area (Å²) in [6.45, 7) is 7.22. The van der Waals surface area contributed by atoms with Gasteiger partial charge < -0.3 is 20.9 Å². The van der Waals surface area contributed by atoms with E-state index in [0.717, 1.165) is 30.1 Å². The number of pyridine rings is 1. The number of aromatic nitrogens is 2. The molecule has 1 aliphatic rings. The smallest absolute Gasteiger partial charge is 0.270 e. The van der Waals surface area contributed by atoms with Crippen LogP contribution in [0.1, 0.15) is 13.8 Å². The minimum Gasteiger partial charge on any atom is -0.369 e. The van der Waals surface area contributed by atoms with Gasteiger partial charge in [0.2, 0.25) is 5.91 Å². The van der Waals surface area contributed by atoms with Gasteiger partial charge in [-0.15, -0.1) is 11.3 Å². The highest BCUT2D eigenvalue weighted by Gasteiger charge is 2.20. The van der Waals surface area contributed by atoms with E-state index in [4.69, 9.17) is 0 Å². The third-order valence-electron chi connectivity index (χ3n) is 6.41. The summed E-state index contributed by atoms with van der Waals surface area (Å²) in [4.78, 5) is 46.5. The molecule has 3 heterocycles. The molecule has 0 saturated carbocycles. The van der Waals surface area contributed by atoms with E-state index in [9.17, 15) is 24.0 Å². The molecule has 1 saturated heterocycles. The lowest BCUT2D eigenvalue weighted by Crippen LogP contribution is -2.48. The number of piperazine rings is 1. The first kappa shape index (κ1) is 29.4. The van der Waals surface area contributed by atoms with E-state index in [0.29, 0.717) is 42.3 Å². The van der Waals surface area contributed by atoms with Crippen LogP contribution in [-0.2, 0) is 16.1 Å². The van der Waals surface area contributed by atoms with Crippen molar-refractivity contribution in [1.29, 1.82) is 5.26 Å². The van der Waals surface area contributed by atoms with Gasteiger partial charge in [-0.2, -0.15) is 5.26 Å². The van der Waals surface area contributed by atoms with Gasteiger partial charge in [0.15, 0.2) is 5.57 Å². The summed E-state index contributed by atoms with van der Waals surface area (Å²) in [5.74, 6) is -0.240. The van der Waals surface area contributed by atoms with Gasteiger partial charge in [0.25, 0.3) is 11.5 Å². The Kier molecular flexibility index (Phi) is 9.83. The van der Waals surface area contributed by atoms with Gasteiger partial charge in [-0.3, -0.25) is 23.9 Å². The van der Waals surface area contributed by atoms with Crippen molar-refractivity contribution in [1.82, 2.24) is 19.8 Å². The van der Waals surface area contributed by atoms with E-state index in [1.165, 1.54) is 22.9 Å². The Bertz CT molecular complexity index is 1620. The first-order valence-electron chi connectivity index (χ1n) is 13.2. The quantitative estimate of drug-likeness (QED) is 0.341. The predicted octanol–water partition coefficient (Wildman–Crippen LogP) is 0.885. The maximum atomic E-state index is 13.2. The molecular formula is C28H31FN8O3S. The van der Waals surface area contributed by atoms with Crippen LogP contribution in [0.2, 0.25) is 0 Å². The van der Waals surface area contributed by atoms with E-state index >= 15 is 0 Å². The van der Waals surface area contributed by atoms with Crippen LogP contribution in [-0.4, -0.2) is 65.5 Å². The van der Waals surface area contributed by atoms with E-state index in [-0.39, 0.29) is 34.1 Å². The van der Waals surface area contributed by atoms with Crippen LogP contribution >= 0.6 is 11.3 Å². The molecule has 214 valence electrons. The zero-order valence-electron chi connectivity index (χ0n) is 22.8. The summed E-state index contributed by atoms with van der Waals surface area (Å²) < 4.78 is 15.2. The average Bonchev–Trinajstić information content (AvgIpc) is 3.28. The first-order chi connectivity index (χ1) is 19.8. The molecule has 13 heteroatoms. The Morgan fingerprint density at radius 3 is 2.46 bits per heavy atom. The van der Waals surface area contributed by atoms with Crippen LogP contribution in [0, 0.1) is 17.1 Å². The van der Waals surface area contributed by atoms with Gasteiger partial charge in [-0.25, -0.2) is 9.37 Å². The molecule has 3 N–H and O–H groups in total. The number of hydrogen-bond donors (Lipinski definition) is 3. The highest BCUT2D eigenvalue weighted by Crippen LogP contribution is 2.17. The second kappa shape index (κ2) is 13.7. The summed E-state index contributed by atoms with van der Waals surface area (Å²) >= 11 is 1.04. The first-order valence-corrected chi connectivity index (χ1v) is 14.0. The highest BCUT2D eigenvalue weighted by molar-refractivity contribution is 7.07. The molecule has 0 aliphatic carbocycles. The van der Waals surface area contributed by atoms with Crippen LogP contribution in [0.25, 0.3) is 11.8 Å². The fourth-order valence-corrected chi connectivity index (χ4v) is 5.45. The average molecular weight is 579 g/mol. The number of nitrogens with one attached hydrogen (secondary N) is 3. The number of nitriles is 1. The van der Waals surface area contributed by atoms with Crippen LogP contribution in [0.3, 0.4) is 0 Å². The molecule has 1 aliphatic heterocycles. The van der Waals surface area contributed by atoms with E-state index in [1.807, 2.05) is 11.0 Å². The Morgan fingerprint density at radius 2 is 1.80 bits per heavy atom. The lowest BCUT2D eigenvalue weighted by molar-refractivity contribution is -0.117. The Balaban J connectivity index is 1.39. The number of carbonyl (C=O) groups is 2. The minimum atomic E-state index is -0.530. The van der Waals surface area contributed by atoms with Gasteiger partial charge in [-0.05, 0) is 50.2 Å². The number of halogens is 1. The fourth-order valence-electron chi connectivity index (χ4n) is 4.36. The number of hydrogen-bond acceptors (Lipinski definition) is 9. The third kappa shape index (κ3) is 7.36. The summed E-state index contributed by atoms with van der Waals surface area (Å²) in [6, 6.07) is 13.4. The van der Waals surface area contributed by atoms with Crippen LogP contribution in [0.4, 0.5) is 21.7 Å². The van der Waals surface area contributed by atoms with Crippen molar-refractivity contribution in [3.8, 4) is 6.07 Å². The van der Waals surface area contributed by atoms with Crippen molar-refractivity contribution in [2.75, 3.05) is 54.8 Å². The van der Waals surface area contributed by atoms with Crippen molar-refractivity contribution in [2.45, 2.75) is 20.4 Å². The van der Waals surface area contributed by atoms with Crippen LogP contribution < -0.4 is 35.6 Å². The number of benzene rings is 1. The van der Waals surface area contributed by atoms with Gasteiger partial charge in [-0.1, -0.05) is 6.07 Å². The van der Waals surface area contributed by atoms with Crippen molar-refractivity contribution >= 4 is 52.2 Å². The zero-order valence-corrected chi connectivity index (χ0v) is 23.6. The lowest BCUT2D eigenvalue weighted by Gasteiger charge is -2.35. The summed E-state index contributed by atoms with van der Waals surface area (Å²) in [6.07, 6.45) is 1.48. The molecule has 1 fully saturated rings. The molecule has 11 nitrogen and oxygen atoms in total. The molecule has 4 rings (SSSR count). The van der Waals surface area contributed by atoms with Crippen molar-refractivity contribution < 1.29 is 14.0 Å². The van der Waals surface area contributed by atoms with Crippen molar-refractivity contribution in [2.24, 2.45) is 0 Å². The molecule has 1 aromatic carbocycles. The van der Waals surface area contributed by atoms with Crippen LogP contribution in [0.5, 0.6) is 0 Å². The number of carbonyl (C=O) groups excluding carboxylic acids is 2. The maximum absolute atomic E-state index is 13.2. The summed E-state index contributed by atoms with van der Waals surface area (Å²) in [5, 5.41) is 17.9. The van der Waals surface area contributed by atoms with Gasteiger partial charge >= 0.3 is 0 Å². The fraction of sp³-hybridized carbons (Fsp3) is 0.321. The molecule has 0 atom stereocenters. The number of nitrogens with zero attached hydrogens (tertiary/aromatic N) is 5. The molecule has 3 aromatic rings. The monoisotopic (exact) mass is 578 g/mol. The molecule has 0 radical (unpaired) electrons. The third-order valence-corrected chi connectivity index (χ3v) is 7.54. The summed E-state index contributed by atoms with van der Waals surface area (Å²) in [5.41, 5.74) is 0.509. The van der Waals surface area contributed by atoms with E-state index < -0.39 is 5.91 Å². The number of rotatable bonds is 9. The van der Waals surface area contributed by atoms with E-state index in [1.54, 1.807) is 44.2 Å². The van der Waals surface area contributed by atoms with Gasteiger partial charge in [0.1, 0.15) is 32.7 Å².